The molecule has 4 N–H and O–H groups in total. The Hall–Kier alpha value is -7.67. The summed E-state index contributed by atoms with van der Waals surface area (Å²) in [5.41, 5.74) is 5.38. The van der Waals surface area contributed by atoms with E-state index in [0.29, 0.717) is 74.5 Å². The molecule has 3 aliphatic rings. The summed E-state index contributed by atoms with van der Waals surface area (Å²) >= 11 is 0. The second-order valence-corrected chi connectivity index (χ2v) is 18.3. The number of H-pyrrole nitrogens is 1. The number of hydrogen-bond donors (Lipinski definition) is 4. The summed E-state index contributed by atoms with van der Waals surface area (Å²) in [7, 11) is 0. The van der Waals surface area contributed by atoms with Crippen molar-refractivity contribution < 1.29 is 19.8 Å². The average molecular weight is 916 g/mol. The van der Waals surface area contributed by atoms with Crippen molar-refractivity contribution in [2.75, 3.05) is 60.9 Å². The first-order valence-electron chi connectivity index (χ1n) is 23.5. The number of aromatic nitrogens is 5. The first kappa shape index (κ1) is 45.5. The van der Waals surface area contributed by atoms with Crippen molar-refractivity contribution in [2.24, 2.45) is 5.92 Å². The maximum Gasteiger partial charge on any atom is 0.348 e. The van der Waals surface area contributed by atoms with Gasteiger partial charge in [0.2, 0.25) is 17.8 Å². The lowest BCUT2D eigenvalue weighted by atomic mass is 9.90. The van der Waals surface area contributed by atoms with Crippen LogP contribution in [-0.4, -0.2) is 108 Å². The van der Waals surface area contributed by atoms with Gasteiger partial charge in [-0.05, 0) is 84.4 Å². The number of aromatic hydroxyl groups is 2. The molecule has 0 radical (unpaired) electrons. The number of rotatable bonds is 13. The predicted octanol–water partition coefficient (Wildman–Crippen LogP) is 6.67. The highest BCUT2D eigenvalue weighted by atomic mass is 16.3. The topological polar surface area (TPSA) is 200 Å². The lowest BCUT2D eigenvalue weighted by Gasteiger charge is -2.42. The molecule has 0 aliphatic carbocycles. The molecule has 2 saturated heterocycles. The third-order valence-corrected chi connectivity index (χ3v) is 13.7. The summed E-state index contributed by atoms with van der Waals surface area (Å²) in [5, 5.41) is 43.2. The highest BCUT2D eigenvalue weighted by Crippen LogP contribution is 2.38. The number of hydrogen-bond acceptors (Lipinski definition) is 12. The molecular weight excluding hydrogens is 859 g/mol. The van der Waals surface area contributed by atoms with E-state index in [1.54, 1.807) is 11.0 Å². The van der Waals surface area contributed by atoms with Gasteiger partial charge in [0, 0.05) is 74.9 Å². The van der Waals surface area contributed by atoms with Crippen LogP contribution in [0.2, 0.25) is 0 Å². The quantitative estimate of drug-likeness (QED) is 0.0899. The highest BCUT2D eigenvalue weighted by molar-refractivity contribution is 5.94. The predicted molar refractivity (Wildman–Crippen MR) is 262 cm³/mol. The zero-order chi connectivity index (χ0) is 47.5. The van der Waals surface area contributed by atoms with Crippen molar-refractivity contribution in [3.63, 3.8) is 0 Å². The number of benzene rings is 4. The lowest BCUT2D eigenvalue weighted by Crippen LogP contribution is -2.55. The van der Waals surface area contributed by atoms with Gasteiger partial charge in [0.25, 0.3) is 0 Å². The standard InChI is InChI=1S/C52H57N11O5/c1-4-47(66)62-27-26-61(31-38(62)16-21-53)49-40-20-25-60(44-11-7-9-36-8-5-6-10-39(36)44)32-43(40)55-51(56-49)54-22-17-48(67)59-23-18-35(19-24-59)28-34-12-14-37(15-13-34)63-50(57-58-52(63)68)42-29-41(33(2)3)45(64)30-46(42)65/h4-15,29-30,33,35,38,64-65H,1,16-20,22-28,31-32H2,2-3H3,(H,58,68)(H,54,55,56)/t38-/m1/s1. The summed E-state index contributed by atoms with van der Waals surface area (Å²) in [6, 6.07) is 27.4. The van der Waals surface area contributed by atoms with Crippen LogP contribution in [0.5, 0.6) is 11.5 Å². The number of carbonyl (C=O) groups excluding carboxylic acids is 2. The molecule has 9 rings (SSSR count). The number of nitriles is 1. The Morgan fingerprint density at radius 2 is 1.74 bits per heavy atom. The zero-order valence-corrected chi connectivity index (χ0v) is 38.6. The van der Waals surface area contributed by atoms with Gasteiger partial charge in [0.05, 0.1) is 42.0 Å². The van der Waals surface area contributed by atoms with E-state index in [1.807, 2.05) is 43.0 Å². The Labute approximate surface area is 395 Å². The molecule has 2 aromatic heterocycles. The molecule has 16 nitrogen and oxygen atoms in total. The molecule has 2 fully saturated rings. The van der Waals surface area contributed by atoms with E-state index >= 15 is 0 Å². The van der Waals surface area contributed by atoms with Gasteiger partial charge in [0.1, 0.15) is 17.3 Å². The fourth-order valence-corrected chi connectivity index (χ4v) is 10.1. The van der Waals surface area contributed by atoms with Gasteiger partial charge < -0.3 is 35.1 Å². The Kier molecular flexibility index (Phi) is 13.2. The van der Waals surface area contributed by atoms with E-state index in [1.165, 1.54) is 27.5 Å². The van der Waals surface area contributed by atoms with E-state index in [-0.39, 0.29) is 53.9 Å². The molecule has 0 spiro atoms. The molecule has 1 atom stereocenters. The van der Waals surface area contributed by atoms with E-state index in [9.17, 15) is 29.9 Å². The number of phenols is 2. The van der Waals surface area contributed by atoms with Crippen molar-refractivity contribution in [1.29, 1.82) is 5.26 Å². The van der Waals surface area contributed by atoms with Crippen LogP contribution in [0.3, 0.4) is 0 Å². The van der Waals surface area contributed by atoms with E-state index in [0.717, 1.165) is 60.6 Å². The molecule has 0 bridgehead atoms. The van der Waals surface area contributed by atoms with E-state index < -0.39 is 5.69 Å². The largest absolute Gasteiger partial charge is 0.508 e. The number of likely N-dealkylation sites (tertiary alicyclic amines) is 1. The third-order valence-electron chi connectivity index (χ3n) is 13.7. The van der Waals surface area contributed by atoms with Crippen molar-refractivity contribution in [3.05, 3.63) is 124 Å². The molecule has 0 saturated carbocycles. The van der Waals surface area contributed by atoms with Crippen LogP contribution in [0.25, 0.3) is 27.8 Å². The molecule has 5 heterocycles. The smallest absolute Gasteiger partial charge is 0.348 e. The molecule has 0 unspecified atom stereocenters. The van der Waals surface area contributed by atoms with Crippen LogP contribution in [0.1, 0.15) is 67.8 Å². The van der Waals surface area contributed by atoms with E-state index in [2.05, 4.69) is 80.4 Å². The SMILES string of the molecule is C=CC(=O)N1CCN(c2nc(NCCC(=O)N3CCC(Cc4ccc(-n5c(-c6cc(C(C)C)c(O)cc6O)n[nH]c5=O)cc4)CC3)nc3c2CCN(c2cccc4ccccc24)C3)C[C@H]1CC#N. The van der Waals surface area contributed by atoms with Gasteiger partial charge in [-0.2, -0.15) is 15.3 Å². The normalized spacial score (nSPS) is 16.5. The summed E-state index contributed by atoms with van der Waals surface area (Å²) in [6.45, 7) is 12.1. The molecule has 16 heteroatoms. The van der Waals surface area contributed by atoms with Gasteiger partial charge in [-0.3, -0.25) is 9.59 Å². The number of nitrogens with zero attached hydrogens (tertiary/aromatic N) is 9. The van der Waals surface area contributed by atoms with Crippen molar-refractivity contribution in [1.82, 2.24) is 34.5 Å². The van der Waals surface area contributed by atoms with Crippen LogP contribution in [0.4, 0.5) is 17.5 Å². The molecular formula is C52H57N11O5. The number of piperidine rings is 1. The first-order chi connectivity index (χ1) is 33.0. The van der Waals surface area contributed by atoms with Crippen LogP contribution < -0.4 is 20.8 Å². The van der Waals surface area contributed by atoms with Crippen molar-refractivity contribution in [3.8, 4) is 34.6 Å². The Morgan fingerprint density at radius 3 is 2.50 bits per heavy atom. The number of piperazine rings is 1. The molecule has 6 aromatic rings. The van der Waals surface area contributed by atoms with Crippen LogP contribution >= 0.6 is 0 Å². The first-order valence-corrected chi connectivity index (χ1v) is 23.5. The number of nitrogens with one attached hydrogen (secondary N) is 2. The Morgan fingerprint density at radius 1 is 0.956 bits per heavy atom. The van der Waals surface area contributed by atoms with Crippen LogP contribution in [-0.2, 0) is 29.0 Å². The molecule has 3 aliphatic heterocycles. The maximum atomic E-state index is 13.6. The second-order valence-electron chi connectivity index (χ2n) is 18.3. The van der Waals surface area contributed by atoms with Gasteiger partial charge in [0.15, 0.2) is 5.82 Å². The lowest BCUT2D eigenvalue weighted by molar-refractivity contribution is -0.132. The Balaban J connectivity index is 0.838. The summed E-state index contributed by atoms with van der Waals surface area (Å²) < 4.78 is 1.42. The number of aromatic amines is 1. The molecule has 2 amide bonds. The maximum absolute atomic E-state index is 13.6. The van der Waals surface area contributed by atoms with E-state index in [4.69, 9.17) is 9.97 Å². The number of fused-ring (bicyclic) bond motifs is 2. The number of amides is 2. The minimum Gasteiger partial charge on any atom is -0.508 e. The van der Waals surface area contributed by atoms with Crippen molar-refractivity contribution >= 4 is 40.0 Å². The third kappa shape index (κ3) is 9.33. The minimum absolute atomic E-state index is 0.0110. The molecule has 4 aromatic carbocycles. The summed E-state index contributed by atoms with van der Waals surface area (Å²) in [5.74, 6) is 1.58. The number of anilines is 3. The zero-order valence-electron chi connectivity index (χ0n) is 38.6. The van der Waals surface area contributed by atoms with Gasteiger partial charge in [-0.25, -0.2) is 19.4 Å². The monoisotopic (exact) mass is 915 g/mol. The van der Waals surface area contributed by atoms with Gasteiger partial charge in [-0.1, -0.05) is 69.0 Å². The highest BCUT2D eigenvalue weighted by Gasteiger charge is 2.33. The summed E-state index contributed by atoms with van der Waals surface area (Å²) in [4.78, 5) is 57.7. The second kappa shape index (κ2) is 19.7. The fourth-order valence-electron chi connectivity index (χ4n) is 10.1. The molecule has 350 valence electrons. The average Bonchev–Trinajstić information content (AvgIpc) is 3.73. The van der Waals surface area contributed by atoms with Gasteiger partial charge >= 0.3 is 5.69 Å². The minimum atomic E-state index is -0.443. The Bertz CT molecular complexity index is 2940. The number of phenolic OH excluding ortho intramolecular Hbond substituents is 2. The summed E-state index contributed by atoms with van der Waals surface area (Å²) in [6.07, 6.45) is 5.09. The molecule has 68 heavy (non-hydrogen) atoms. The van der Waals surface area contributed by atoms with Crippen LogP contribution in [0.15, 0.2) is 96.3 Å². The fraction of sp³-hybridized carbons (Fsp3) is 0.365. The van der Waals surface area contributed by atoms with Gasteiger partial charge in [-0.15, -0.1) is 0 Å². The van der Waals surface area contributed by atoms with Crippen molar-refractivity contribution in [2.45, 2.75) is 70.9 Å². The number of carbonyl (C=O) groups is 2. The van der Waals surface area contributed by atoms with Crippen LogP contribution in [0, 0.1) is 17.2 Å².